The first-order valence-electron chi connectivity index (χ1n) is 10.0. The number of para-hydroxylation sites is 1. The zero-order chi connectivity index (χ0) is 20.6. The summed E-state index contributed by atoms with van der Waals surface area (Å²) < 4.78 is 5.38. The molecule has 6 nitrogen and oxygen atoms in total. The zero-order valence-electron chi connectivity index (χ0n) is 17.4. The van der Waals surface area contributed by atoms with Gasteiger partial charge in [0.05, 0.1) is 19.4 Å². The maximum Gasteiger partial charge on any atom is 0.265 e. The molecular weight excluding hydrogens is 366 g/mol. The first-order valence-corrected chi connectivity index (χ1v) is 10.0. The van der Waals surface area contributed by atoms with Crippen LogP contribution < -0.4 is 10.2 Å². The third kappa shape index (κ3) is 5.81. The molecule has 0 radical (unpaired) electrons. The fraction of sp³-hybridized carbons (Fsp3) is 0.391. The summed E-state index contributed by atoms with van der Waals surface area (Å²) in [5, 5.41) is 6.88. The van der Waals surface area contributed by atoms with Gasteiger partial charge >= 0.3 is 0 Å². The molecule has 1 saturated heterocycles. The molecule has 1 aliphatic rings. The first kappa shape index (κ1) is 20.9. The van der Waals surface area contributed by atoms with Crippen molar-refractivity contribution in [1.82, 2.24) is 0 Å². The van der Waals surface area contributed by atoms with E-state index in [1.165, 1.54) is 5.69 Å². The molecule has 0 saturated carbocycles. The molecule has 2 aromatic carbocycles. The van der Waals surface area contributed by atoms with Crippen LogP contribution >= 0.6 is 0 Å². The van der Waals surface area contributed by atoms with Crippen molar-refractivity contribution in [3.05, 3.63) is 59.2 Å². The number of aryl methyl sites for hydroxylation is 1. The van der Waals surface area contributed by atoms with Crippen LogP contribution in [-0.2, 0) is 14.4 Å². The molecule has 0 spiro atoms. The molecule has 0 bridgehead atoms. The first-order chi connectivity index (χ1) is 14.0. The van der Waals surface area contributed by atoms with E-state index in [0.29, 0.717) is 5.92 Å². The minimum atomic E-state index is -0.221. The monoisotopic (exact) mass is 395 g/mol. The lowest BCUT2D eigenvalue weighted by molar-refractivity contribution is -0.120. The summed E-state index contributed by atoms with van der Waals surface area (Å²) >= 11 is 0. The van der Waals surface area contributed by atoms with Crippen molar-refractivity contribution >= 4 is 23.5 Å². The van der Waals surface area contributed by atoms with Crippen molar-refractivity contribution in [2.45, 2.75) is 26.7 Å². The van der Waals surface area contributed by atoms with Crippen molar-refractivity contribution in [1.29, 1.82) is 0 Å². The van der Waals surface area contributed by atoms with E-state index in [9.17, 15) is 4.79 Å². The van der Waals surface area contributed by atoms with Crippen LogP contribution in [0.5, 0.6) is 0 Å². The predicted octanol–water partition coefficient (Wildman–Crippen LogP) is 3.94. The van der Waals surface area contributed by atoms with Crippen molar-refractivity contribution in [3.63, 3.8) is 0 Å². The minimum Gasteiger partial charge on any atom is -0.386 e. The van der Waals surface area contributed by atoms with E-state index >= 15 is 0 Å². The summed E-state index contributed by atoms with van der Waals surface area (Å²) in [6.45, 7) is 9.41. The van der Waals surface area contributed by atoms with Gasteiger partial charge in [0.1, 0.15) is 0 Å². The summed E-state index contributed by atoms with van der Waals surface area (Å²) in [4.78, 5) is 19.7. The average molecular weight is 396 g/mol. The molecule has 2 aromatic rings. The number of nitrogens with zero attached hydrogens (tertiary/aromatic N) is 2. The summed E-state index contributed by atoms with van der Waals surface area (Å²) in [5.74, 6) is 0.102. The van der Waals surface area contributed by atoms with E-state index in [0.717, 1.165) is 48.7 Å². The number of hydrogen-bond donors (Lipinski definition) is 1. The van der Waals surface area contributed by atoms with Crippen LogP contribution in [-0.4, -0.2) is 45.0 Å². The Balaban J connectivity index is 1.50. The van der Waals surface area contributed by atoms with Crippen molar-refractivity contribution < 1.29 is 14.4 Å². The Morgan fingerprint density at radius 2 is 1.93 bits per heavy atom. The number of morpholine rings is 1. The smallest absolute Gasteiger partial charge is 0.265 e. The molecule has 0 aromatic heterocycles. The third-order valence-corrected chi connectivity index (χ3v) is 4.93. The van der Waals surface area contributed by atoms with E-state index in [1.54, 1.807) is 6.21 Å². The Morgan fingerprint density at radius 1 is 1.21 bits per heavy atom. The normalized spacial score (nSPS) is 14.4. The second kappa shape index (κ2) is 10.1. The summed E-state index contributed by atoms with van der Waals surface area (Å²) in [7, 11) is 0. The largest absolute Gasteiger partial charge is 0.386 e. The Kier molecular flexibility index (Phi) is 7.25. The average Bonchev–Trinajstić information content (AvgIpc) is 2.73. The molecule has 0 atom stereocenters. The minimum absolute atomic E-state index is 0.131. The number of rotatable bonds is 7. The third-order valence-electron chi connectivity index (χ3n) is 4.93. The lowest BCUT2D eigenvalue weighted by Crippen LogP contribution is -2.36. The SMILES string of the molecule is Cc1cccc(C(C)C)c1NC(=O)CON=Cc1ccc(N2CCOCC2)cc1. The Labute approximate surface area is 172 Å². The van der Waals surface area contributed by atoms with E-state index in [-0.39, 0.29) is 12.5 Å². The molecule has 29 heavy (non-hydrogen) atoms. The van der Waals surface area contributed by atoms with Crippen LogP contribution in [0.2, 0.25) is 0 Å². The number of amides is 1. The van der Waals surface area contributed by atoms with Gasteiger partial charge in [0.15, 0.2) is 6.61 Å². The van der Waals surface area contributed by atoms with E-state index in [2.05, 4.69) is 41.4 Å². The van der Waals surface area contributed by atoms with Crippen molar-refractivity contribution in [2.75, 3.05) is 43.1 Å². The second-order valence-corrected chi connectivity index (χ2v) is 7.44. The number of hydrogen-bond acceptors (Lipinski definition) is 5. The molecule has 154 valence electrons. The van der Waals surface area contributed by atoms with Crippen LogP contribution in [0.25, 0.3) is 0 Å². The molecule has 1 N–H and O–H groups in total. The summed E-state index contributed by atoms with van der Waals surface area (Å²) in [5.41, 5.74) is 5.10. The lowest BCUT2D eigenvalue weighted by atomic mass is 9.98. The molecule has 1 fully saturated rings. The number of benzene rings is 2. The van der Waals surface area contributed by atoms with Crippen molar-refractivity contribution in [2.24, 2.45) is 5.16 Å². The maximum absolute atomic E-state index is 12.2. The van der Waals surface area contributed by atoms with Crippen LogP contribution in [0.4, 0.5) is 11.4 Å². The highest BCUT2D eigenvalue weighted by Gasteiger charge is 2.12. The number of nitrogens with one attached hydrogen (secondary N) is 1. The number of ether oxygens (including phenoxy) is 1. The van der Waals surface area contributed by atoms with Crippen LogP contribution in [0.3, 0.4) is 0 Å². The molecular formula is C23H29N3O3. The highest BCUT2D eigenvalue weighted by Crippen LogP contribution is 2.27. The van der Waals surface area contributed by atoms with Crippen LogP contribution in [0, 0.1) is 6.92 Å². The summed E-state index contributed by atoms with van der Waals surface area (Å²) in [6.07, 6.45) is 1.61. The molecule has 0 unspecified atom stereocenters. The fourth-order valence-corrected chi connectivity index (χ4v) is 3.30. The number of oxime groups is 1. The highest BCUT2D eigenvalue weighted by atomic mass is 16.6. The molecule has 1 amide bonds. The van der Waals surface area contributed by atoms with E-state index < -0.39 is 0 Å². The summed E-state index contributed by atoms with van der Waals surface area (Å²) in [6, 6.07) is 14.1. The van der Waals surface area contributed by atoms with Gasteiger partial charge in [-0.05, 0) is 41.7 Å². The predicted molar refractivity (Wildman–Crippen MR) is 117 cm³/mol. The Hall–Kier alpha value is -2.86. The highest BCUT2D eigenvalue weighted by molar-refractivity contribution is 5.93. The van der Waals surface area contributed by atoms with Gasteiger partial charge in [-0.1, -0.05) is 49.3 Å². The fourth-order valence-electron chi connectivity index (χ4n) is 3.30. The second-order valence-electron chi connectivity index (χ2n) is 7.44. The zero-order valence-corrected chi connectivity index (χ0v) is 17.4. The van der Waals surface area contributed by atoms with Gasteiger partial charge in [-0.3, -0.25) is 4.79 Å². The van der Waals surface area contributed by atoms with Gasteiger partial charge in [-0.15, -0.1) is 0 Å². The lowest BCUT2D eigenvalue weighted by Gasteiger charge is -2.28. The molecule has 1 heterocycles. The maximum atomic E-state index is 12.2. The van der Waals surface area contributed by atoms with E-state index in [4.69, 9.17) is 9.57 Å². The topological polar surface area (TPSA) is 63.2 Å². The number of carbonyl (C=O) groups is 1. The van der Waals surface area contributed by atoms with Crippen molar-refractivity contribution in [3.8, 4) is 0 Å². The van der Waals surface area contributed by atoms with Gasteiger partial charge in [-0.25, -0.2) is 0 Å². The van der Waals surface area contributed by atoms with Crippen LogP contribution in [0.1, 0.15) is 36.5 Å². The standard InChI is InChI=1S/C23H29N3O3/c1-17(2)21-6-4-5-18(3)23(21)25-22(27)16-29-24-15-19-7-9-20(10-8-19)26-11-13-28-14-12-26/h4-10,15,17H,11-14,16H2,1-3H3,(H,25,27). The van der Waals surface area contributed by atoms with Gasteiger partial charge < -0.3 is 19.8 Å². The molecule has 0 aliphatic carbocycles. The van der Waals surface area contributed by atoms with Crippen LogP contribution in [0.15, 0.2) is 47.6 Å². The van der Waals surface area contributed by atoms with Gasteiger partial charge in [-0.2, -0.15) is 0 Å². The Bertz CT molecular complexity index is 841. The van der Waals surface area contributed by atoms with Gasteiger partial charge in [0.2, 0.25) is 0 Å². The molecule has 6 heteroatoms. The molecule has 3 rings (SSSR count). The molecule has 1 aliphatic heterocycles. The number of carbonyl (C=O) groups excluding carboxylic acids is 1. The van der Waals surface area contributed by atoms with E-state index in [1.807, 2.05) is 37.3 Å². The van der Waals surface area contributed by atoms with Gasteiger partial charge in [0, 0.05) is 24.5 Å². The Morgan fingerprint density at radius 3 is 2.62 bits per heavy atom. The number of anilines is 2. The van der Waals surface area contributed by atoms with Gasteiger partial charge in [0.25, 0.3) is 5.91 Å². The quantitative estimate of drug-likeness (QED) is 0.570.